The predicted molar refractivity (Wildman–Crippen MR) is 98.3 cm³/mol. The molecule has 2 aliphatic rings. The predicted octanol–water partition coefficient (Wildman–Crippen LogP) is 2.83. The van der Waals surface area contributed by atoms with Crippen LogP contribution in [0.5, 0.6) is 0 Å². The van der Waals surface area contributed by atoms with Crippen LogP contribution in [-0.4, -0.2) is 54.0 Å². The first-order chi connectivity index (χ1) is 12.1. The molecule has 3 amide bonds. The van der Waals surface area contributed by atoms with Crippen molar-refractivity contribution < 1.29 is 9.59 Å². The van der Waals surface area contributed by atoms with Gasteiger partial charge in [-0.2, -0.15) is 0 Å². The molecule has 5 nitrogen and oxygen atoms in total. The van der Waals surface area contributed by atoms with E-state index in [1.165, 1.54) is 5.56 Å². The number of urea groups is 1. The van der Waals surface area contributed by atoms with Crippen LogP contribution < -0.4 is 5.32 Å². The number of carbonyl (C=O) groups excluding carboxylic acids is 2. The van der Waals surface area contributed by atoms with Crippen LogP contribution in [0.1, 0.15) is 44.6 Å². The van der Waals surface area contributed by atoms with Crippen molar-refractivity contribution in [1.29, 1.82) is 0 Å². The van der Waals surface area contributed by atoms with E-state index in [0.29, 0.717) is 19.6 Å². The topological polar surface area (TPSA) is 52.7 Å². The molecular weight excluding hydrogens is 314 g/mol. The van der Waals surface area contributed by atoms with Crippen molar-refractivity contribution in [1.82, 2.24) is 15.1 Å². The van der Waals surface area contributed by atoms with E-state index in [1.807, 2.05) is 28.0 Å². The summed E-state index contributed by atoms with van der Waals surface area (Å²) in [4.78, 5) is 28.7. The molecule has 2 unspecified atom stereocenters. The fourth-order valence-electron chi connectivity index (χ4n) is 3.39. The van der Waals surface area contributed by atoms with Crippen molar-refractivity contribution in [2.24, 2.45) is 5.92 Å². The molecule has 0 bridgehead atoms. The van der Waals surface area contributed by atoms with Crippen LogP contribution in [0, 0.1) is 5.92 Å². The highest BCUT2D eigenvalue weighted by Gasteiger charge is 2.34. The fourth-order valence-corrected chi connectivity index (χ4v) is 3.39. The summed E-state index contributed by atoms with van der Waals surface area (Å²) in [5, 5.41) is 3.14. The van der Waals surface area contributed by atoms with Crippen LogP contribution in [0.25, 0.3) is 0 Å². The Balaban J connectivity index is 1.51. The van der Waals surface area contributed by atoms with Crippen molar-refractivity contribution in [2.45, 2.75) is 45.1 Å². The van der Waals surface area contributed by atoms with Crippen molar-refractivity contribution in [3.05, 3.63) is 35.9 Å². The number of carbonyl (C=O) groups is 2. The van der Waals surface area contributed by atoms with E-state index in [-0.39, 0.29) is 29.8 Å². The summed E-state index contributed by atoms with van der Waals surface area (Å²) < 4.78 is 0. The molecule has 1 N–H and O–H groups in total. The minimum absolute atomic E-state index is 0.0176. The van der Waals surface area contributed by atoms with Gasteiger partial charge in [0.15, 0.2) is 0 Å². The monoisotopic (exact) mass is 343 g/mol. The highest BCUT2D eigenvalue weighted by molar-refractivity contribution is 5.81. The van der Waals surface area contributed by atoms with E-state index < -0.39 is 0 Å². The largest absolute Gasteiger partial charge is 0.341 e. The molecule has 25 heavy (non-hydrogen) atoms. The number of nitrogens with one attached hydrogen (secondary N) is 1. The standard InChI is InChI=1S/C20H29N3O2/c1-15(17-7-4-3-5-8-17)16(2)21-20(25)23-12-6-11-22(13-14-23)19(24)18-9-10-18/h3-5,7-8,15-16,18H,6,9-14H2,1-2H3,(H,21,25). The lowest BCUT2D eigenvalue weighted by atomic mass is 9.94. The molecule has 5 heteroatoms. The van der Waals surface area contributed by atoms with Gasteiger partial charge in [-0.15, -0.1) is 0 Å². The Morgan fingerprint density at radius 2 is 1.64 bits per heavy atom. The average molecular weight is 343 g/mol. The van der Waals surface area contributed by atoms with E-state index in [1.54, 1.807) is 0 Å². The van der Waals surface area contributed by atoms with E-state index in [0.717, 1.165) is 25.8 Å². The molecule has 1 saturated heterocycles. The first-order valence-electron chi connectivity index (χ1n) is 9.45. The van der Waals surface area contributed by atoms with Crippen LogP contribution in [-0.2, 0) is 4.79 Å². The molecule has 2 fully saturated rings. The number of hydrogen-bond acceptors (Lipinski definition) is 2. The molecule has 0 radical (unpaired) electrons. The summed E-state index contributed by atoms with van der Waals surface area (Å²) in [7, 11) is 0. The van der Waals surface area contributed by atoms with E-state index in [4.69, 9.17) is 0 Å². The van der Waals surface area contributed by atoms with Crippen molar-refractivity contribution >= 4 is 11.9 Å². The zero-order chi connectivity index (χ0) is 17.8. The number of amides is 3. The third-order valence-corrected chi connectivity index (χ3v) is 5.45. The third kappa shape index (κ3) is 4.53. The van der Waals surface area contributed by atoms with Gasteiger partial charge in [-0.3, -0.25) is 4.79 Å². The Morgan fingerprint density at radius 3 is 2.32 bits per heavy atom. The van der Waals surface area contributed by atoms with Crippen LogP contribution in [0.2, 0.25) is 0 Å². The maximum Gasteiger partial charge on any atom is 0.317 e. The van der Waals surface area contributed by atoms with Gasteiger partial charge < -0.3 is 15.1 Å². The summed E-state index contributed by atoms with van der Waals surface area (Å²) in [6.45, 7) is 6.96. The zero-order valence-corrected chi connectivity index (χ0v) is 15.3. The van der Waals surface area contributed by atoms with Crippen LogP contribution in [0.15, 0.2) is 30.3 Å². The molecule has 1 aromatic carbocycles. The number of hydrogen-bond donors (Lipinski definition) is 1. The second-order valence-electron chi connectivity index (χ2n) is 7.38. The summed E-state index contributed by atoms with van der Waals surface area (Å²) in [6, 6.07) is 10.3. The Kier molecular flexibility index (Phi) is 5.61. The summed E-state index contributed by atoms with van der Waals surface area (Å²) in [6.07, 6.45) is 2.93. The van der Waals surface area contributed by atoms with Gasteiger partial charge in [0.2, 0.25) is 5.91 Å². The molecule has 1 heterocycles. The lowest BCUT2D eigenvalue weighted by molar-refractivity contribution is -0.132. The van der Waals surface area contributed by atoms with Gasteiger partial charge in [0.25, 0.3) is 0 Å². The molecule has 2 atom stereocenters. The Morgan fingerprint density at radius 1 is 1.00 bits per heavy atom. The van der Waals surface area contributed by atoms with E-state index in [2.05, 4.69) is 31.3 Å². The fraction of sp³-hybridized carbons (Fsp3) is 0.600. The second kappa shape index (κ2) is 7.89. The zero-order valence-electron chi connectivity index (χ0n) is 15.3. The van der Waals surface area contributed by atoms with Gasteiger partial charge in [0.05, 0.1) is 0 Å². The molecule has 1 aliphatic heterocycles. The molecule has 1 aromatic rings. The SMILES string of the molecule is CC(NC(=O)N1CCCN(C(=O)C2CC2)CC1)C(C)c1ccccc1. The van der Waals surface area contributed by atoms with Crippen molar-refractivity contribution in [3.63, 3.8) is 0 Å². The minimum Gasteiger partial charge on any atom is -0.341 e. The number of nitrogens with zero attached hydrogens (tertiary/aromatic N) is 2. The van der Waals surface area contributed by atoms with Gasteiger partial charge >= 0.3 is 6.03 Å². The molecule has 3 rings (SSSR count). The lowest BCUT2D eigenvalue weighted by Gasteiger charge is -2.27. The van der Waals surface area contributed by atoms with Crippen LogP contribution >= 0.6 is 0 Å². The Bertz CT molecular complexity index is 600. The highest BCUT2D eigenvalue weighted by atomic mass is 16.2. The average Bonchev–Trinajstić information content (AvgIpc) is 3.47. The first kappa shape index (κ1) is 17.8. The lowest BCUT2D eigenvalue weighted by Crippen LogP contribution is -2.47. The second-order valence-corrected chi connectivity index (χ2v) is 7.38. The minimum atomic E-state index is -0.0176. The number of rotatable bonds is 4. The van der Waals surface area contributed by atoms with Crippen LogP contribution in [0.4, 0.5) is 4.79 Å². The maximum atomic E-state index is 12.6. The Labute approximate surface area is 150 Å². The van der Waals surface area contributed by atoms with Crippen molar-refractivity contribution in [2.75, 3.05) is 26.2 Å². The molecular formula is C20H29N3O2. The normalized spacial score (nSPS) is 20.6. The van der Waals surface area contributed by atoms with Gasteiger partial charge in [0, 0.05) is 44.1 Å². The van der Waals surface area contributed by atoms with Crippen LogP contribution in [0.3, 0.4) is 0 Å². The molecule has 0 spiro atoms. The summed E-state index contributed by atoms with van der Waals surface area (Å²) in [5.74, 6) is 0.797. The molecule has 1 aliphatic carbocycles. The Hall–Kier alpha value is -2.04. The smallest absolute Gasteiger partial charge is 0.317 e. The molecule has 1 saturated carbocycles. The van der Waals surface area contributed by atoms with Gasteiger partial charge in [-0.25, -0.2) is 4.79 Å². The molecule has 136 valence electrons. The van der Waals surface area contributed by atoms with Crippen molar-refractivity contribution in [3.8, 4) is 0 Å². The maximum absolute atomic E-state index is 12.6. The quantitative estimate of drug-likeness (QED) is 0.914. The third-order valence-electron chi connectivity index (χ3n) is 5.45. The first-order valence-corrected chi connectivity index (χ1v) is 9.45. The summed E-state index contributed by atoms with van der Waals surface area (Å²) >= 11 is 0. The summed E-state index contributed by atoms with van der Waals surface area (Å²) in [5.41, 5.74) is 1.23. The van der Waals surface area contributed by atoms with Gasteiger partial charge in [-0.05, 0) is 31.7 Å². The van der Waals surface area contributed by atoms with Gasteiger partial charge in [-0.1, -0.05) is 37.3 Å². The van der Waals surface area contributed by atoms with Gasteiger partial charge in [0.1, 0.15) is 0 Å². The number of benzene rings is 1. The van der Waals surface area contributed by atoms with E-state index in [9.17, 15) is 9.59 Å². The highest BCUT2D eigenvalue weighted by Crippen LogP contribution is 2.31. The molecule has 0 aromatic heterocycles. The van der Waals surface area contributed by atoms with E-state index >= 15 is 0 Å².